The van der Waals surface area contributed by atoms with Crippen molar-refractivity contribution in [1.29, 1.82) is 0 Å². The van der Waals surface area contributed by atoms with Gasteiger partial charge in [-0.2, -0.15) is 18.4 Å². The van der Waals surface area contributed by atoms with E-state index in [0.29, 0.717) is 28.2 Å². The van der Waals surface area contributed by atoms with Gasteiger partial charge in [-0.3, -0.25) is 4.98 Å². The van der Waals surface area contributed by atoms with Gasteiger partial charge in [-0.15, -0.1) is 10.2 Å². The molecule has 3 rings (SSSR count). The number of tetrazole rings is 1. The first kappa shape index (κ1) is 14.9. The van der Waals surface area contributed by atoms with E-state index in [1.807, 2.05) is 0 Å². The summed E-state index contributed by atoms with van der Waals surface area (Å²) in [6.07, 6.45) is -3.32. The molecule has 118 valence electrons. The summed E-state index contributed by atoms with van der Waals surface area (Å²) in [5.41, 5.74) is 7.94. The molecule has 0 bridgehead atoms. The molecule has 0 aliphatic heterocycles. The van der Waals surface area contributed by atoms with Crippen molar-refractivity contribution in [2.45, 2.75) is 13.1 Å². The summed E-state index contributed by atoms with van der Waals surface area (Å²) in [6.45, 7) is 1.80. The molecule has 0 spiro atoms. The van der Waals surface area contributed by atoms with E-state index < -0.39 is 11.9 Å². The lowest BCUT2D eigenvalue weighted by Gasteiger charge is -2.11. The zero-order valence-corrected chi connectivity index (χ0v) is 11.9. The van der Waals surface area contributed by atoms with Crippen molar-refractivity contribution in [3.05, 3.63) is 41.7 Å². The van der Waals surface area contributed by atoms with Gasteiger partial charge in [0.25, 0.3) is 0 Å². The zero-order chi connectivity index (χ0) is 16.6. The topological polar surface area (TPSA) is 93.4 Å². The minimum absolute atomic E-state index is 0.298. The molecular weight excluding hydrogens is 309 g/mol. The summed E-state index contributed by atoms with van der Waals surface area (Å²) in [5.74, 6) is 0.298. The zero-order valence-electron chi connectivity index (χ0n) is 11.9. The highest BCUT2D eigenvalue weighted by atomic mass is 19.4. The van der Waals surface area contributed by atoms with Crippen LogP contribution in [0.5, 0.6) is 0 Å². The number of alkyl halides is 3. The minimum atomic E-state index is -4.48. The number of aromatic nitrogens is 5. The van der Waals surface area contributed by atoms with Crippen molar-refractivity contribution in [2.75, 3.05) is 5.73 Å². The van der Waals surface area contributed by atoms with E-state index in [-0.39, 0.29) is 0 Å². The number of hydrogen-bond acceptors (Lipinski definition) is 5. The van der Waals surface area contributed by atoms with E-state index in [1.165, 1.54) is 6.07 Å². The quantitative estimate of drug-likeness (QED) is 0.708. The average molecular weight is 320 g/mol. The molecule has 0 unspecified atom stereocenters. The molecule has 9 heteroatoms. The summed E-state index contributed by atoms with van der Waals surface area (Å²) in [7, 11) is 0. The second-order valence-corrected chi connectivity index (χ2v) is 4.92. The van der Waals surface area contributed by atoms with Crippen LogP contribution in [0.15, 0.2) is 30.5 Å². The van der Waals surface area contributed by atoms with E-state index in [2.05, 4.69) is 25.6 Å². The third kappa shape index (κ3) is 2.85. The Morgan fingerprint density at radius 3 is 2.48 bits per heavy atom. The van der Waals surface area contributed by atoms with Crippen LogP contribution in [-0.4, -0.2) is 25.6 Å². The van der Waals surface area contributed by atoms with Gasteiger partial charge in [0.15, 0.2) is 0 Å². The Balaban J connectivity index is 2.14. The van der Waals surface area contributed by atoms with Crippen LogP contribution in [0.1, 0.15) is 11.3 Å². The maximum Gasteiger partial charge on any atom is 0.433 e. The predicted molar refractivity (Wildman–Crippen MR) is 77.0 cm³/mol. The molecule has 0 amide bonds. The van der Waals surface area contributed by atoms with E-state index in [4.69, 9.17) is 5.73 Å². The Kier molecular flexibility index (Phi) is 3.47. The Bertz CT molecular complexity index is 825. The van der Waals surface area contributed by atoms with Crippen molar-refractivity contribution in [3.63, 3.8) is 0 Å². The van der Waals surface area contributed by atoms with Crippen LogP contribution in [0, 0.1) is 6.92 Å². The molecule has 1 aromatic carbocycles. The van der Waals surface area contributed by atoms with Gasteiger partial charge in [0.2, 0.25) is 5.82 Å². The number of nitrogens with one attached hydrogen (secondary N) is 1. The summed E-state index contributed by atoms with van der Waals surface area (Å²) in [6, 6.07) is 5.70. The molecule has 23 heavy (non-hydrogen) atoms. The van der Waals surface area contributed by atoms with Gasteiger partial charge in [-0.1, -0.05) is 6.07 Å². The Hall–Kier alpha value is -2.97. The molecule has 0 saturated heterocycles. The van der Waals surface area contributed by atoms with Gasteiger partial charge >= 0.3 is 6.18 Å². The number of nitrogen functional groups attached to an aromatic ring is 1. The molecule has 0 saturated carbocycles. The number of H-pyrrole nitrogens is 1. The van der Waals surface area contributed by atoms with Crippen LogP contribution in [0.4, 0.5) is 18.9 Å². The van der Waals surface area contributed by atoms with Crippen LogP contribution in [0.2, 0.25) is 0 Å². The van der Waals surface area contributed by atoms with Crippen LogP contribution < -0.4 is 5.73 Å². The lowest BCUT2D eigenvalue weighted by Crippen LogP contribution is -2.07. The standard InChI is InChI=1S/C14H11F3N6/c1-7-4-9(8-2-3-12(19-6-8)14(15,16)17)10(5-11(7)18)13-20-22-23-21-13/h2-6H,18H2,1H3,(H,20,21,22,23). The van der Waals surface area contributed by atoms with Crippen molar-refractivity contribution >= 4 is 5.69 Å². The average Bonchev–Trinajstić information content (AvgIpc) is 3.03. The first-order chi connectivity index (χ1) is 10.9. The molecule has 0 radical (unpaired) electrons. The van der Waals surface area contributed by atoms with Crippen molar-refractivity contribution in [3.8, 4) is 22.5 Å². The van der Waals surface area contributed by atoms with Gasteiger partial charge in [0, 0.05) is 23.0 Å². The van der Waals surface area contributed by atoms with Crippen LogP contribution in [0.3, 0.4) is 0 Å². The number of halogens is 3. The molecule has 3 N–H and O–H groups in total. The normalized spacial score (nSPS) is 11.7. The first-order valence-electron chi connectivity index (χ1n) is 6.54. The van der Waals surface area contributed by atoms with Gasteiger partial charge in [0.1, 0.15) is 5.69 Å². The lowest BCUT2D eigenvalue weighted by molar-refractivity contribution is -0.141. The number of rotatable bonds is 2. The number of pyridine rings is 1. The molecule has 6 nitrogen and oxygen atoms in total. The van der Waals surface area contributed by atoms with Crippen molar-refractivity contribution < 1.29 is 13.2 Å². The second kappa shape index (κ2) is 5.34. The fraction of sp³-hybridized carbons (Fsp3) is 0.143. The maximum atomic E-state index is 12.6. The van der Waals surface area contributed by atoms with Crippen molar-refractivity contribution in [1.82, 2.24) is 25.6 Å². The fourth-order valence-electron chi connectivity index (χ4n) is 2.15. The number of aryl methyl sites for hydroxylation is 1. The van der Waals surface area contributed by atoms with Gasteiger partial charge < -0.3 is 5.73 Å². The summed E-state index contributed by atoms with van der Waals surface area (Å²) in [4.78, 5) is 3.48. The first-order valence-corrected chi connectivity index (χ1v) is 6.54. The highest BCUT2D eigenvalue weighted by molar-refractivity contribution is 5.83. The second-order valence-electron chi connectivity index (χ2n) is 4.92. The largest absolute Gasteiger partial charge is 0.433 e. The molecule has 2 heterocycles. The smallest absolute Gasteiger partial charge is 0.398 e. The van der Waals surface area contributed by atoms with Crippen LogP contribution >= 0.6 is 0 Å². The predicted octanol–water partition coefficient (Wildman–Crippen LogP) is 2.84. The van der Waals surface area contributed by atoms with Crippen LogP contribution in [-0.2, 0) is 6.18 Å². The summed E-state index contributed by atoms with van der Waals surface area (Å²) >= 11 is 0. The molecule has 0 aliphatic carbocycles. The Morgan fingerprint density at radius 1 is 1.13 bits per heavy atom. The van der Waals surface area contributed by atoms with Gasteiger partial charge in [-0.05, 0) is 41.5 Å². The number of nitrogens with zero attached hydrogens (tertiary/aromatic N) is 4. The molecule has 0 atom stereocenters. The van der Waals surface area contributed by atoms with Crippen molar-refractivity contribution in [2.24, 2.45) is 0 Å². The van der Waals surface area contributed by atoms with Crippen LogP contribution in [0.25, 0.3) is 22.5 Å². The summed E-state index contributed by atoms with van der Waals surface area (Å²) < 4.78 is 37.9. The monoisotopic (exact) mass is 320 g/mol. The third-order valence-electron chi connectivity index (χ3n) is 3.36. The highest BCUT2D eigenvalue weighted by Gasteiger charge is 2.32. The number of benzene rings is 1. The summed E-state index contributed by atoms with van der Waals surface area (Å²) in [5, 5.41) is 13.6. The number of anilines is 1. The SMILES string of the molecule is Cc1cc(-c2ccc(C(F)(F)F)nc2)c(-c2nn[nH]n2)cc1N. The molecule has 2 aromatic heterocycles. The van der Waals surface area contributed by atoms with Gasteiger partial charge in [0.05, 0.1) is 0 Å². The molecule has 3 aromatic rings. The number of nitrogens with two attached hydrogens (primary N) is 1. The number of hydrogen-bond donors (Lipinski definition) is 2. The molecule has 0 aliphatic rings. The van der Waals surface area contributed by atoms with E-state index >= 15 is 0 Å². The molecular formula is C14H11F3N6. The third-order valence-corrected chi connectivity index (χ3v) is 3.36. The molecule has 0 fully saturated rings. The number of aromatic amines is 1. The highest BCUT2D eigenvalue weighted by Crippen LogP contribution is 2.34. The Labute approximate surface area is 128 Å². The maximum absolute atomic E-state index is 12.6. The van der Waals surface area contributed by atoms with E-state index in [9.17, 15) is 13.2 Å². The lowest BCUT2D eigenvalue weighted by atomic mass is 9.97. The fourth-order valence-corrected chi connectivity index (χ4v) is 2.15. The van der Waals surface area contributed by atoms with E-state index in [1.54, 1.807) is 19.1 Å². The van der Waals surface area contributed by atoms with Gasteiger partial charge in [-0.25, -0.2) is 0 Å². The Morgan fingerprint density at radius 2 is 1.91 bits per heavy atom. The minimum Gasteiger partial charge on any atom is -0.398 e. The van der Waals surface area contributed by atoms with E-state index in [0.717, 1.165) is 17.8 Å².